The first-order valence-corrected chi connectivity index (χ1v) is 8.23. The molecule has 1 aromatic carbocycles. The van der Waals surface area contributed by atoms with Crippen molar-refractivity contribution in [2.75, 3.05) is 6.54 Å². The van der Waals surface area contributed by atoms with Crippen molar-refractivity contribution in [2.24, 2.45) is 0 Å². The number of benzene rings is 1. The molecular weight excluding hydrogens is 377 g/mol. The molecule has 96 valence electrons. The molecule has 0 aliphatic carbocycles. The van der Waals surface area contributed by atoms with E-state index in [-0.39, 0.29) is 0 Å². The van der Waals surface area contributed by atoms with Gasteiger partial charge >= 0.3 is 0 Å². The van der Waals surface area contributed by atoms with E-state index in [1.165, 1.54) is 19.7 Å². The quantitative estimate of drug-likeness (QED) is 0.547. The summed E-state index contributed by atoms with van der Waals surface area (Å²) in [6.07, 6.45) is 1.17. The van der Waals surface area contributed by atoms with Crippen molar-refractivity contribution in [1.82, 2.24) is 5.32 Å². The Kier molecular flexibility index (Phi) is 5.48. The van der Waals surface area contributed by atoms with Crippen molar-refractivity contribution in [3.8, 4) is 10.4 Å². The van der Waals surface area contributed by atoms with Crippen LogP contribution in [0.5, 0.6) is 0 Å². The average molecular weight is 392 g/mol. The maximum Gasteiger partial charge on any atom is 0.0503 e. The molecule has 0 atom stereocenters. The van der Waals surface area contributed by atoms with E-state index < -0.39 is 0 Å². The van der Waals surface area contributed by atoms with Gasteiger partial charge in [-0.1, -0.05) is 24.6 Å². The summed E-state index contributed by atoms with van der Waals surface area (Å²) < 4.78 is 1.17. The monoisotopic (exact) mass is 391 g/mol. The lowest BCUT2D eigenvalue weighted by atomic mass is 10.2. The van der Waals surface area contributed by atoms with Crippen LogP contribution < -0.4 is 5.32 Å². The Bertz CT molecular complexity index is 524. The van der Waals surface area contributed by atoms with Gasteiger partial charge in [0, 0.05) is 25.4 Å². The molecule has 0 spiro atoms. The number of hydrogen-bond donors (Lipinski definition) is 1. The molecular formula is C14H15ClINS. The predicted octanol–water partition coefficient (Wildman–Crippen LogP) is 5.17. The second kappa shape index (κ2) is 6.89. The minimum absolute atomic E-state index is 0.830. The molecule has 2 rings (SSSR count). The lowest BCUT2D eigenvalue weighted by Gasteiger charge is -2.02. The number of halogens is 2. The molecule has 0 radical (unpaired) electrons. The fourth-order valence-corrected chi connectivity index (χ4v) is 3.73. The summed E-state index contributed by atoms with van der Waals surface area (Å²) in [6.45, 7) is 4.19. The third-order valence-electron chi connectivity index (χ3n) is 2.58. The topological polar surface area (TPSA) is 12.0 Å². The Morgan fingerprint density at radius 1 is 1.28 bits per heavy atom. The molecule has 0 bridgehead atoms. The highest BCUT2D eigenvalue weighted by atomic mass is 127. The molecule has 0 fully saturated rings. The lowest BCUT2D eigenvalue weighted by Crippen LogP contribution is -2.12. The Morgan fingerprint density at radius 3 is 2.83 bits per heavy atom. The molecule has 0 unspecified atom stereocenters. The zero-order chi connectivity index (χ0) is 13.0. The van der Waals surface area contributed by atoms with Gasteiger partial charge in [0.1, 0.15) is 0 Å². The largest absolute Gasteiger partial charge is 0.312 e. The van der Waals surface area contributed by atoms with Gasteiger partial charge in [-0.25, -0.2) is 0 Å². The average Bonchev–Trinajstić information content (AvgIpc) is 2.78. The van der Waals surface area contributed by atoms with Crippen molar-refractivity contribution in [3.05, 3.63) is 43.8 Å². The third-order valence-corrected chi connectivity index (χ3v) is 4.69. The van der Waals surface area contributed by atoms with Crippen molar-refractivity contribution >= 4 is 45.5 Å². The fraction of sp³-hybridized carbons (Fsp3) is 0.286. The molecule has 1 nitrogen and oxygen atoms in total. The summed E-state index contributed by atoms with van der Waals surface area (Å²) >= 11 is 10.4. The van der Waals surface area contributed by atoms with Crippen LogP contribution in [0.1, 0.15) is 18.2 Å². The van der Waals surface area contributed by atoms with E-state index in [1.54, 1.807) is 0 Å². The summed E-state index contributed by atoms with van der Waals surface area (Å²) in [5.41, 5.74) is 1.13. The zero-order valence-electron chi connectivity index (χ0n) is 10.2. The number of rotatable bonds is 5. The standard InChI is InChI=1S/C14H15ClINS/c1-2-7-17-9-11-4-6-14(18-11)12-5-3-10(16)8-13(12)15/h3-6,8,17H,2,7,9H2,1H3. The summed E-state index contributed by atoms with van der Waals surface area (Å²) in [4.78, 5) is 2.60. The molecule has 1 N–H and O–H groups in total. The molecule has 0 saturated heterocycles. The summed E-state index contributed by atoms with van der Waals surface area (Å²) in [5.74, 6) is 0. The van der Waals surface area contributed by atoms with Crippen LogP contribution in [0.2, 0.25) is 5.02 Å². The molecule has 0 saturated carbocycles. The highest BCUT2D eigenvalue weighted by molar-refractivity contribution is 14.1. The van der Waals surface area contributed by atoms with Gasteiger partial charge in [0.15, 0.2) is 0 Å². The lowest BCUT2D eigenvalue weighted by molar-refractivity contribution is 0.681. The molecule has 18 heavy (non-hydrogen) atoms. The summed E-state index contributed by atoms with van der Waals surface area (Å²) in [6, 6.07) is 10.5. The van der Waals surface area contributed by atoms with Crippen molar-refractivity contribution < 1.29 is 0 Å². The van der Waals surface area contributed by atoms with E-state index >= 15 is 0 Å². The molecule has 1 aromatic heterocycles. The first-order chi connectivity index (χ1) is 8.70. The van der Waals surface area contributed by atoms with Gasteiger partial charge in [0.25, 0.3) is 0 Å². The molecule has 0 aliphatic heterocycles. The van der Waals surface area contributed by atoms with Gasteiger partial charge in [-0.15, -0.1) is 11.3 Å². The number of nitrogens with one attached hydrogen (secondary N) is 1. The summed E-state index contributed by atoms with van der Waals surface area (Å²) in [7, 11) is 0. The normalized spacial score (nSPS) is 10.8. The first-order valence-electron chi connectivity index (χ1n) is 5.95. The number of hydrogen-bond acceptors (Lipinski definition) is 2. The fourth-order valence-electron chi connectivity index (χ4n) is 1.70. The Balaban J connectivity index is 2.13. The van der Waals surface area contributed by atoms with Gasteiger partial charge in [-0.05, 0) is 59.8 Å². The minimum atomic E-state index is 0.830. The molecule has 1 heterocycles. The SMILES string of the molecule is CCCNCc1ccc(-c2ccc(I)cc2Cl)s1. The molecule has 4 heteroatoms. The van der Waals surface area contributed by atoms with Crippen molar-refractivity contribution in [1.29, 1.82) is 0 Å². The van der Waals surface area contributed by atoms with E-state index in [9.17, 15) is 0 Å². The molecule has 2 aromatic rings. The first kappa shape index (κ1) is 14.3. The smallest absolute Gasteiger partial charge is 0.0503 e. The van der Waals surface area contributed by atoms with E-state index in [0.29, 0.717) is 0 Å². The second-order valence-corrected chi connectivity index (χ2v) is 6.89. The zero-order valence-corrected chi connectivity index (χ0v) is 13.9. The maximum atomic E-state index is 6.29. The van der Waals surface area contributed by atoms with Crippen LogP contribution in [0.4, 0.5) is 0 Å². The maximum absolute atomic E-state index is 6.29. The van der Waals surface area contributed by atoms with Crippen molar-refractivity contribution in [3.63, 3.8) is 0 Å². The number of thiophene rings is 1. The van der Waals surface area contributed by atoms with E-state index in [0.717, 1.165) is 23.7 Å². The van der Waals surface area contributed by atoms with Gasteiger partial charge in [0.05, 0.1) is 5.02 Å². The van der Waals surface area contributed by atoms with Gasteiger partial charge in [0.2, 0.25) is 0 Å². The molecule has 0 aliphatic rings. The summed E-state index contributed by atoms with van der Waals surface area (Å²) in [5, 5.41) is 4.25. The van der Waals surface area contributed by atoms with E-state index in [4.69, 9.17) is 11.6 Å². The Labute approximate surface area is 131 Å². The van der Waals surface area contributed by atoms with Crippen LogP contribution in [0.15, 0.2) is 30.3 Å². The molecule has 0 amide bonds. The van der Waals surface area contributed by atoms with Gasteiger partial charge in [-0.3, -0.25) is 0 Å². The van der Waals surface area contributed by atoms with Crippen LogP contribution in [-0.4, -0.2) is 6.54 Å². The van der Waals surface area contributed by atoms with Gasteiger partial charge < -0.3 is 5.32 Å². The third kappa shape index (κ3) is 3.70. The highest BCUT2D eigenvalue weighted by Gasteiger charge is 2.07. The second-order valence-electron chi connectivity index (χ2n) is 4.07. The van der Waals surface area contributed by atoms with Crippen molar-refractivity contribution in [2.45, 2.75) is 19.9 Å². The Hall–Kier alpha value is -0.100. The van der Waals surface area contributed by atoms with Crippen LogP contribution in [0, 0.1) is 3.57 Å². The van der Waals surface area contributed by atoms with Crippen LogP contribution in [0.3, 0.4) is 0 Å². The van der Waals surface area contributed by atoms with Crippen LogP contribution in [0.25, 0.3) is 10.4 Å². The van der Waals surface area contributed by atoms with Crippen LogP contribution in [-0.2, 0) is 6.54 Å². The van der Waals surface area contributed by atoms with Gasteiger partial charge in [-0.2, -0.15) is 0 Å². The highest BCUT2D eigenvalue weighted by Crippen LogP contribution is 2.34. The predicted molar refractivity (Wildman–Crippen MR) is 89.5 cm³/mol. The Morgan fingerprint density at radius 2 is 2.11 bits per heavy atom. The van der Waals surface area contributed by atoms with E-state index in [1.807, 2.05) is 17.4 Å². The van der Waals surface area contributed by atoms with E-state index in [2.05, 4.69) is 59.1 Å². The minimum Gasteiger partial charge on any atom is -0.312 e. The van der Waals surface area contributed by atoms with Crippen LogP contribution >= 0.6 is 45.5 Å².